The molecule has 0 saturated carbocycles. The molecular weight excluding hydrogens is 278 g/mol. The van der Waals surface area contributed by atoms with Gasteiger partial charge in [0.25, 0.3) is 0 Å². The molecule has 0 aliphatic rings. The number of benzene rings is 1. The molecule has 0 aliphatic heterocycles. The molecule has 0 bridgehead atoms. The maximum atomic E-state index is 5.14. The van der Waals surface area contributed by atoms with Crippen molar-refractivity contribution >= 4 is 0 Å². The van der Waals surface area contributed by atoms with Crippen molar-refractivity contribution < 1.29 is 0 Å². The van der Waals surface area contributed by atoms with Crippen molar-refractivity contribution in [2.24, 2.45) is 5.73 Å². The summed E-state index contributed by atoms with van der Waals surface area (Å²) in [5.74, 6) is 0. The highest BCUT2D eigenvalue weighted by Crippen LogP contribution is 2.12. The molecule has 1 aromatic carbocycles. The summed E-state index contributed by atoms with van der Waals surface area (Å²) in [5, 5.41) is 0. The van der Waals surface area contributed by atoms with Crippen LogP contribution < -0.4 is 5.73 Å². The van der Waals surface area contributed by atoms with Gasteiger partial charge in [-0.15, -0.1) is 0 Å². The van der Waals surface area contributed by atoms with E-state index in [1.165, 1.54) is 89.0 Å². The van der Waals surface area contributed by atoms with Crippen LogP contribution in [0.4, 0.5) is 0 Å². The molecule has 0 heterocycles. The summed E-state index contributed by atoms with van der Waals surface area (Å²) < 4.78 is 0. The number of unbranched alkanes of at least 4 members (excludes halogenated alkanes) is 10. The largest absolute Gasteiger partial charge is 0.330 e. The van der Waals surface area contributed by atoms with Gasteiger partial charge in [-0.1, -0.05) is 108 Å². The van der Waals surface area contributed by atoms with Gasteiger partial charge in [0.05, 0.1) is 0 Å². The van der Waals surface area contributed by atoms with Gasteiger partial charge in [0.15, 0.2) is 0 Å². The van der Waals surface area contributed by atoms with Crippen LogP contribution in [0.2, 0.25) is 0 Å². The first-order chi connectivity index (χ1) is 11.3. The van der Waals surface area contributed by atoms with Crippen LogP contribution in [0.25, 0.3) is 0 Å². The first-order valence-electron chi connectivity index (χ1n) is 10.1. The molecule has 0 fully saturated rings. The van der Waals surface area contributed by atoms with E-state index >= 15 is 0 Å². The zero-order valence-corrected chi connectivity index (χ0v) is 15.9. The van der Waals surface area contributed by atoms with Crippen molar-refractivity contribution in [3.05, 3.63) is 35.9 Å². The average Bonchev–Trinajstić information content (AvgIpc) is 2.59. The van der Waals surface area contributed by atoms with Crippen molar-refractivity contribution in [3.63, 3.8) is 0 Å². The van der Waals surface area contributed by atoms with Gasteiger partial charge >= 0.3 is 0 Å². The fourth-order valence-electron chi connectivity index (χ4n) is 2.67. The summed E-state index contributed by atoms with van der Waals surface area (Å²) in [6.07, 6.45) is 17.9. The zero-order chi connectivity index (χ0) is 17.0. The Morgan fingerprint density at radius 1 is 0.609 bits per heavy atom. The highest BCUT2D eigenvalue weighted by molar-refractivity contribution is 5.14. The van der Waals surface area contributed by atoms with Gasteiger partial charge in [0, 0.05) is 0 Å². The minimum Gasteiger partial charge on any atom is -0.330 e. The Kier molecular flexibility index (Phi) is 18.5. The first kappa shape index (κ1) is 22.2. The standard InChI is InChI=1S/C18H30.C4H11N/c1-2-3-4-5-6-7-8-9-10-12-15-18-16-13-11-14-17-18;1-2-3-4-5/h11,13-14,16-17H,2-10,12,15H2,1H3;2-5H2,1H3. The Morgan fingerprint density at radius 2 is 1.09 bits per heavy atom. The van der Waals surface area contributed by atoms with Gasteiger partial charge < -0.3 is 5.73 Å². The molecule has 23 heavy (non-hydrogen) atoms. The predicted octanol–water partition coefficient (Wildman–Crippen LogP) is 6.90. The van der Waals surface area contributed by atoms with Crippen molar-refractivity contribution in [1.82, 2.24) is 0 Å². The van der Waals surface area contributed by atoms with Crippen LogP contribution >= 0.6 is 0 Å². The second kappa shape index (κ2) is 19.2. The highest BCUT2D eigenvalue weighted by Gasteiger charge is 1.94. The molecule has 0 atom stereocenters. The molecule has 0 unspecified atom stereocenters. The number of rotatable bonds is 13. The summed E-state index contributed by atoms with van der Waals surface area (Å²) in [6, 6.07) is 10.9. The second-order valence-corrected chi connectivity index (χ2v) is 6.56. The van der Waals surface area contributed by atoms with E-state index in [2.05, 4.69) is 44.2 Å². The highest BCUT2D eigenvalue weighted by atomic mass is 14.5. The summed E-state index contributed by atoms with van der Waals surface area (Å²) in [6.45, 7) is 5.26. The van der Waals surface area contributed by atoms with E-state index in [1.54, 1.807) is 0 Å². The van der Waals surface area contributed by atoms with Crippen molar-refractivity contribution in [2.45, 2.75) is 97.3 Å². The third-order valence-corrected chi connectivity index (χ3v) is 4.22. The molecule has 0 aromatic heterocycles. The molecule has 134 valence electrons. The molecule has 0 aliphatic carbocycles. The van der Waals surface area contributed by atoms with E-state index in [1.807, 2.05) is 0 Å². The molecule has 1 heteroatoms. The molecule has 1 aromatic rings. The predicted molar refractivity (Wildman–Crippen MR) is 106 cm³/mol. The monoisotopic (exact) mass is 319 g/mol. The maximum absolute atomic E-state index is 5.14. The quantitative estimate of drug-likeness (QED) is 0.393. The lowest BCUT2D eigenvalue weighted by Crippen LogP contribution is -1.95. The average molecular weight is 320 g/mol. The molecule has 0 radical (unpaired) electrons. The van der Waals surface area contributed by atoms with Gasteiger partial charge in [-0.2, -0.15) is 0 Å². The summed E-state index contributed by atoms with van der Waals surface area (Å²) in [4.78, 5) is 0. The van der Waals surface area contributed by atoms with Crippen molar-refractivity contribution in [3.8, 4) is 0 Å². The van der Waals surface area contributed by atoms with E-state index in [0.717, 1.165) is 6.54 Å². The molecule has 2 N–H and O–H groups in total. The van der Waals surface area contributed by atoms with Crippen LogP contribution in [0, 0.1) is 0 Å². The lowest BCUT2D eigenvalue weighted by atomic mass is 10.0. The van der Waals surface area contributed by atoms with Crippen LogP contribution in [0.5, 0.6) is 0 Å². The van der Waals surface area contributed by atoms with E-state index in [9.17, 15) is 0 Å². The van der Waals surface area contributed by atoms with Crippen LogP contribution in [0.15, 0.2) is 30.3 Å². The Balaban J connectivity index is 0.000000841. The lowest BCUT2D eigenvalue weighted by molar-refractivity contribution is 0.556. The van der Waals surface area contributed by atoms with Crippen LogP contribution in [-0.2, 0) is 6.42 Å². The van der Waals surface area contributed by atoms with Gasteiger partial charge in [-0.25, -0.2) is 0 Å². The van der Waals surface area contributed by atoms with Crippen LogP contribution in [0.1, 0.15) is 96.5 Å². The number of aryl methyl sites for hydroxylation is 1. The van der Waals surface area contributed by atoms with Gasteiger partial charge in [0.2, 0.25) is 0 Å². The molecule has 0 amide bonds. The van der Waals surface area contributed by atoms with Crippen LogP contribution in [0.3, 0.4) is 0 Å². The third-order valence-electron chi connectivity index (χ3n) is 4.22. The van der Waals surface area contributed by atoms with E-state index in [4.69, 9.17) is 5.73 Å². The summed E-state index contributed by atoms with van der Waals surface area (Å²) >= 11 is 0. The number of nitrogens with two attached hydrogens (primary N) is 1. The first-order valence-corrected chi connectivity index (χ1v) is 10.1. The molecule has 1 nitrogen and oxygen atoms in total. The molecular formula is C22H41N. The van der Waals surface area contributed by atoms with E-state index in [0.29, 0.717) is 0 Å². The summed E-state index contributed by atoms with van der Waals surface area (Å²) in [5.41, 5.74) is 6.64. The summed E-state index contributed by atoms with van der Waals surface area (Å²) in [7, 11) is 0. The van der Waals surface area contributed by atoms with Crippen molar-refractivity contribution in [1.29, 1.82) is 0 Å². The SMILES string of the molecule is CCCCCCCCCCCCc1ccccc1.CCCCN. The van der Waals surface area contributed by atoms with Crippen molar-refractivity contribution in [2.75, 3.05) is 6.54 Å². The topological polar surface area (TPSA) is 26.0 Å². The molecule has 0 saturated heterocycles. The maximum Gasteiger partial charge on any atom is -0.00774 e. The Labute approximate surface area is 146 Å². The minimum absolute atomic E-state index is 0.844. The second-order valence-electron chi connectivity index (χ2n) is 6.56. The normalized spacial score (nSPS) is 10.2. The molecule has 1 rings (SSSR count). The van der Waals surface area contributed by atoms with Gasteiger partial charge in [-0.05, 0) is 31.4 Å². The lowest BCUT2D eigenvalue weighted by Gasteiger charge is -2.03. The van der Waals surface area contributed by atoms with Gasteiger partial charge in [0.1, 0.15) is 0 Å². The number of hydrogen-bond acceptors (Lipinski definition) is 1. The Morgan fingerprint density at radius 3 is 1.52 bits per heavy atom. The minimum atomic E-state index is 0.844. The Bertz CT molecular complexity index is 305. The smallest absolute Gasteiger partial charge is 0.00774 e. The Hall–Kier alpha value is -0.820. The molecule has 0 spiro atoms. The van der Waals surface area contributed by atoms with E-state index in [-0.39, 0.29) is 0 Å². The zero-order valence-electron chi connectivity index (χ0n) is 15.9. The fourth-order valence-corrected chi connectivity index (χ4v) is 2.67. The van der Waals surface area contributed by atoms with Crippen LogP contribution in [-0.4, -0.2) is 6.54 Å². The number of hydrogen-bond donors (Lipinski definition) is 1. The van der Waals surface area contributed by atoms with Gasteiger partial charge in [-0.3, -0.25) is 0 Å². The third kappa shape index (κ3) is 17.4. The fraction of sp³-hybridized carbons (Fsp3) is 0.727. The van der Waals surface area contributed by atoms with E-state index < -0.39 is 0 Å².